The van der Waals surface area contributed by atoms with Gasteiger partial charge in [0, 0.05) is 18.4 Å². The predicted octanol–water partition coefficient (Wildman–Crippen LogP) is 2.38. The highest BCUT2D eigenvalue weighted by Gasteiger charge is 2.71. The second kappa shape index (κ2) is 4.82. The highest BCUT2D eigenvalue weighted by Crippen LogP contribution is 2.63. The lowest BCUT2D eigenvalue weighted by Crippen LogP contribution is -2.39. The lowest BCUT2D eigenvalue weighted by atomic mass is 9.77. The quantitative estimate of drug-likeness (QED) is 0.445. The van der Waals surface area contributed by atoms with Gasteiger partial charge in [0.25, 0.3) is 0 Å². The van der Waals surface area contributed by atoms with E-state index in [1.807, 2.05) is 0 Å². The first-order valence-corrected chi connectivity index (χ1v) is 9.36. The molecule has 5 rings (SSSR count). The number of ether oxygens (including phenoxy) is 2. The van der Waals surface area contributed by atoms with Crippen molar-refractivity contribution in [1.29, 1.82) is 0 Å². The first kappa shape index (κ1) is 14.5. The van der Waals surface area contributed by atoms with E-state index in [1.54, 1.807) is 0 Å². The molecule has 0 spiro atoms. The highest BCUT2D eigenvalue weighted by atomic mass is 16.6. The van der Waals surface area contributed by atoms with E-state index in [1.165, 1.54) is 18.4 Å². The number of nitrogens with zero attached hydrogens (tertiary/aromatic N) is 1. The highest BCUT2D eigenvalue weighted by molar-refractivity contribution is 5.75. The van der Waals surface area contributed by atoms with Crippen molar-refractivity contribution in [2.75, 3.05) is 19.6 Å². The van der Waals surface area contributed by atoms with E-state index >= 15 is 0 Å². The molecular weight excluding hydrogens is 290 g/mol. The molecule has 0 amide bonds. The zero-order valence-electron chi connectivity index (χ0n) is 14.0. The Morgan fingerprint density at radius 2 is 2.13 bits per heavy atom. The number of carbonyl (C=O) groups excluding carboxylic acids is 1. The molecular formula is C19H27NO3. The molecule has 3 heterocycles. The fraction of sp³-hybridized carbons (Fsp3) is 0.842. The van der Waals surface area contributed by atoms with Crippen LogP contribution in [-0.4, -0.2) is 48.3 Å². The van der Waals surface area contributed by atoms with Gasteiger partial charge < -0.3 is 14.4 Å². The molecule has 2 saturated carbocycles. The maximum atomic E-state index is 12.6. The number of esters is 1. The Balaban J connectivity index is 1.43. The van der Waals surface area contributed by atoms with E-state index in [0.717, 1.165) is 38.9 Å². The Kier molecular flexibility index (Phi) is 3.04. The third kappa shape index (κ3) is 2.00. The molecule has 5 aliphatic rings. The van der Waals surface area contributed by atoms with Crippen LogP contribution in [0.5, 0.6) is 0 Å². The Morgan fingerprint density at radius 3 is 2.91 bits per heavy atom. The average Bonchev–Trinajstić information content (AvgIpc) is 2.86. The zero-order chi connectivity index (χ0) is 15.8. The maximum Gasteiger partial charge on any atom is 0.310 e. The molecule has 3 aliphatic heterocycles. The van der Waals surface area contributed by atoms with Gasteiger partial charge in [-0.3, -0.25) is 4.79 Å². The van der Waals surface area contributed by atoms with Gasteiger partial charge in [-0.05, 0) is 58.0 Å². The molecule has 4 heteroatoms. The van der Waals surface area contributed by atoms with Gasteiger partial charge in [0.2, 0.25) is 0 Å². The van der Waals surface area contributed by atoms with Gasteiger partial charge in [-0.25, -0.2) is 0 Å². The number of epoxide rings is 1. The topological polar surface area (TPSA) is 42.1 Å². The van der Waals surface area contributed by atoms with Crippen LogP contribution in [0.4, 0.5) is 0 Å². The van der Waals surface area contributed by atoms with Crippen LogP contribution in [0, 0.1) is 23.7 Å². The molecule has 3 saturated heterocycles. The molecule has 126 valence electrons. The summed E-state index contributed by atoms with van der Waals surface area (Å²) in [5.41, 5.74) is 1.31. The van der Waals surface area contributed by atoms with E-state index in [-0.39, 0.29) is 23.6 Å². The van der Waals surface area contributed by atoms with E-state index in [4.69, 9.17) is 9.47 Å². The Bertz CT molecular complexity index is 555. The van der Waals surface area contributed by atoms with Crippen molar-refractivity contribution in [3.63, 3.8) is 0 Å². The molecule has 0 aromatic heterocycles. The zero-order valence-corrected chi connectivity index (χ0v) is 14.0. The van der Waals surface area contributed by atoms with Crippen LogP contribution in [0.1, 0.15) is 39.0 Å². The molecule has 23 heavy (non-hydrogen) atoms. The van der Waals surface area contributed by atoms with Crippen molar-refractivity contribution in [2.45, 2.75) is 56.8 Å². The Morgan fingerprint density at radius 1 is 1.35 bits per heavy atom. The van der Waals surface area contributed by atoms with Gasteiger partial charge in [-0.15, -0.1) is 0 Å². The molecule has 0 N–H and O–H groups in total. The minimum atomic E-state index is -0.0658. The fourth-order valence-corrected chi connectivity index (χ4v) is 6.01. The van der Waals surface area contributed by atoms with Crippen molar-refractivity contribution in [2.24, 2.45) is 23.7 Å². The fourth-order valence-electron chi connectivity index (χ4n) is 6.01. The Labute approximate surface area is 138 Å². The van der Waals surface area contributed by atoms with Crippen molar-refractivity contribution < 1.29 is 14.3 Å². The summed E-state index contributed by atoms with van der Waals surface area (Å²) >= 11 is 0. The van der Waals surface area contributed by atoms with Crippen LogP contribution in [0.3, 0.4) is 0 Å². The first-order chi connectivity index (χ1) is 11.1. The monoisotopic (exact) mass is 317 g/mol. The largest absolute Gasteiger partial charge is 0.461 e. The van der Waals surface area contributed by atoms with E-state index in [2.05, 4.69) is 18.4 Å². The summed E-state index contributed by atoms with van der Waals surface area (Å²) in [4.78, 5) is 15.1. The summed E-state index contributed by atoms with van der Waals surface area (Å²) in [7, 11) is 0. The maximum absolute atomic E-state index is 12.6. The molecule has 0 aromatic rings. The van der Waals surface area contributed by atoms with E-state index < -0.39 is 0 Å². The molecule has 7 unspecified atom stereocenters. The SMILES string of the molecule is C=C1CCC2C(CN3CCCC3)C(=O)OC2C2C1CC1OC12C. The predicted molar refractivity (Wildman–Crippen MR) is 85.8 cm³/mol. The van der Waals surface area contributed by atoms with E-state index in [9.17, 15) is 4.79 Å². The summed E-state index contributed by atoms with van der Waals surface area (Å²) in [6.45, 7) is 9.77. The number of fused-ring (bicyclic) bond motifs is 5. The molecule has 2 aliphatic carbocycles. The van der Waals surface area contributed by atoms with Crippen LogP contribution in [-0.2, 0) is 14.3 Å². The number of allylic oxidation sites excluding steroid dienone is 1. The molecule has 4 nitrogen and oxygen atoms in total. The van der Waals surface area contributed by atoms with Gasteiger partial charge >= 0.3 is 5.97 Å². The summed E-state index contributed by atoms with van der Waals surface area (Å²) < 4.78 is 12.0. The lowest BCUT2D eigenvalue weighted by molar-refractivity contribution is -0.147. The van der Waals surface area contributed by atoms with E-state index in [0.29, 0.717) is 23.9 Å². The Hall–Kier alpha value is -0.870. The van der Waals surface area contributed by atoms with Gasteiger partial charge in [0.05, 0.1) is 17.6 Å². The summed E-state index contributed by atoms with van der Waals surface area (Å²) in [5, 5.41) is 0. The number of likely N-dealkylation sites (tertiary alicyclic amines) is 1. The number of hydrogen-bond acceptors (Lipinski definition) is 4. The standard InChI is InChI=1S/C19H27NO3/c1-11-5-6-12-14(10-20-7-3-4-8-20)18(21)22-17(12)16-13(11)9-15-19(16,2)23-15/h12-17H,1,3-10H2,2H3. The van der Waals surface area contributed by atoms with Gasteiger partial charge in [-0.2, -0.15) is 0 Å². The molecule has 0 aromatic carbocycles. The third-order valence-electron chi connectivity index (χ3n) is 7.37. The van der Waals surface area contributed by atoms with Crippen LogP contribution >= 0.6 is 0 Å². The van der Waals surface area contributed by atoms with Gasteiger partial charge in [-0.1, -0.05) is 12.2 Å². The number of hydrogen-bond donors (Lipinski definition) is 0. The molecule has 7 atom stereocenters. The second-order valence-electron chi connectivity index (χ2n) is 8.53. The summed E-state index contributed by atoms with van der Waals surface area (Å²) in [5.74, 6) is 1.29. The summed E-state index contributed by atoms with van der Waals surface area (Å²) in [6, 6.07) is 0. The minimum absolute atomic E-state index is 0.0471. The van der Waals surface area contributed by atoms with Crippen LogP contribution in [0.15, 0.2) is 12.2 Å². The van der Waals surface area contributed by atoms with Crippen molar-refractivity contribution >= 4 is 5.97 Å². The van der Waals surface area contributed by atoms with Crippen molar-refractivity contribution in [3.8, 4) is 0 Å². The first-order valence-electron chi connectivity index (χ1n) is 9.36. The van der Waals surface area contributed by atoms with Gasteiger partial charge in [0.1, 0.15) is 6.10 Å². The van der Waals surface area contributed by atoms with Crippen LogP contribution in [0.25, 0.3) is 0 Å². The normalized spacial score (nSPS) is 51.9. The summed E-state index contributed by atoms with van der Waals surface area (Å²) in [6.07, 6.45) is 6.15. The average molecular weight is 317 g/mol. The van der Waals surface area contributed by atoms with Crippen molar-refractivity contribution in [3.05, 3.63) is 12.2 Å². The molecule has 0 radical (unpaired) electrons. The smallest absolute Gasteiger partial charge is 0.310 e. The molecule has 5 fully saturated rings. The lowest BCUT2D eigenvalue weighted by Gasteiger charge is -2.31. The second-order valence-corrected chi connectivity index (χ2v) is 8.53. The number of rotatable bonds is 2. The van der Waals surface area contributed by atoms with Crippen LogP contribution in [0.2, 0.25) is 0 Å². The van der Waals surface area contributed by atoms with Gasteiger partial charge in [0.15, 0.2) is 0 Å². The molecule has 0 bridgehead atoms. The minimum Gasteiger partial charge on any atom is -0.461 e. The third-order valence-corrected chi connectivity index (χ3v) is 7.37. The van der Waals surface area contributed by atoms with Crippen LogP contribution < -0.4 is 0 Å². The number of carbonyl (C=O) groups is 1. The van der Waals surface area contributed by atoms with Crippen molar-refractivity contribution in [1.82, 2.24) is 4.90 Å².